The molecule has 94 valence electrons. The number of carboxylic acid groups (broad SMARTS) is 1. The Labute approximate surface area is 89.7 Å². The molecule has 1 heterocycles. The van der Waals surface area contributed by atoms with Crippen LogP contribution in [0.5, 0.6) is 0 Å². The first-order valence-electron chi connectivity index (χ1n) is 4.00. The SMILES string of the molecule is O=C(O)c1[nH]cc(C(F)F)c(=O)c1C(F)(F)F. The van der Waals surface area contributed by atoms with E-state index >= 15 is 0 Å². The van der Waals surface area contributed by atoms with Crippen LogP contribution < -0.4 is 5.43 Å². The first kappa shape index (κ1) is 13.1. The van der Waals surface area contributed by atoms with E-state index in [1.807, 2.05) is 0 Å². The lowest BCUT2D eigenvalue weighted by molar-refractivity contribution is -0.139. The second-order valence-electron chi connectivity index (χ2n) is 2.93. The molecule has 0 aliphatic heterocycles. The van der Waals surface area contributed by atoms with E-state index in [1.165, 1.54) is 4.98 Å². The highest BCUT2D eigenvalue weighted by Crippen LogP contribution is 2.30. The van der Waals surface area contributed by atoms with E-state index < -0.39 is 40.8 Å². The molecule has 0 radical (unpaired) electrons. The molecule has 0 aliphatic carbocycles. The molecule has 0 saturated carbocycles. The highest BCUT2D eigenvalue weighted by Gasteiger charge is 2.40. The van der Waals surface area contributed by atoms with Crippen molar-refractivity contribution in [2.75, 3.05) is 0 Å². The lowest BCUT2D eigenvalue weighted by Gasteiger charge is -2.10. The summed E-state index contributed by atoms with van der Waals surface area (Å²) in [6.45, 7) is 0. The maximum atomic E-state index is 12.4. The summed E-state index contributed by atoms with van der Waals surface area (Å²) in [6, 6.07) is 0. The summed E-state index contributed by atoms with van der Waals surface area (Å²) in [4.78, 5) is 23.1. The Kier molecular flexibility index (Phi) is 3.21. The van der Waals surface area contributed by atoms with Gasteiger partial charge in [0.1, 0.15) is 11.3 Å². The van der Waals surface area contributed by atoms with E-state index in [-0.39, 0.29) is 6.20 Å². The number of aromatic carboxylic acids is 1. The van der Waals surface area contributed by atoms with Crippen molar-refractivity contribution in [3.63, 3.8) is 0 Å². The lowest BCUT2D eigenvalue weighted by Crippen LogP contribution is -2.28. The van der Waals surface area contributed by atoms with Gasteiger partial charge in [-0.15, -0.1) is 0 Å². The Balaban J connectivity index is 3.66. The molecule has 4 nitrogen and oxygen atoms in total. The molecule has 0 aromatic carbocycles. The molecular formula is C8H4F5NO3. The zero-order valence-corrected chi connectivity index (χ0v) is 7.81. The summed E-state index contributed by atoms with van der Waals surface area (Å²) in [5, 5.41) is 8.43. The summed E-state index contributed by atoms with van der Waals surface area (Å²) < 4.78 is 61.5. The first-order valence-corrected chi connectivity index (χ1v) is 4.00. The molecular weight excluding hydrogens is 253 g/mol. The van der Waals surface area contributed by atoms with E-state index in [2.05, 4.69) is 0 Å². The van der Waals surface area contributed by atoms with E-state index in [0.29, 0.717) is 0 Å². The van der Waals surface area contributed by atoms with Crippen molar-refractivity contribution < 1.29 is 31.9 Å². The number of aromatic amines is 1. The highest BCUT2D eigenvalue weighted by molar-refractivity contribution is 5.87. The van der Waals surface area contributed by atoms with Crippen LogP contribution in [0.3, 0.4) is 0 Å². The van der Waals surface area contributed by atoms with Gasteiger partial charge in [0.2, 0.25) is 5.43 Å². The van der Waals surface area contributed by atoms with Crippen molar-refractivity contribution in [2.24, 2.45) is 0 Å². The van der Waals surface area contributed by atoms with Crippen LogP contribution in [0.25, 0.3) is 0 Å². The molecule has 17 heavy (non-hydrogen) atoms. The molecule has 0 saturated heterocycles. The number of rotatable bonds is 2. The third-order valence-corrected chi connectivity index (χ3v) is 1.84. The summed E-state index contributed by atoms with van der Waals surface area (Å²) in [5.41, 5.74) is -7.07. The van der Waals surface area contributed by atoms with Gasteiger partial charge in [-0.1, -0.05) is 0 Å². The second-order valence-corrected chi connectivity index (χ2v) is 2.93. The van der Waals surface area contributed by atoms with Crippen molar-refractivity contribution in [1.82, 2.24) is 4.98 Å². The Morgan fingerprint density at radius 2 is 1.88 bits per heavy atom. The van der Waals surface area contributed by atoms with Crippen molar-refractivity contribution in [1.29, 1.82) is 0 Å². The summed E-state index contributed by atoms with van der Waals surface area (Å²) in [6.07, 6.45) is -8.50. The average molecular weight is 257 g/mol. The minimum Gasteiger partial charge on any atom is -0.477 e. The van der Waals surface area contributed by atoms with E-state index in [4.69, 9.17) is 5.11 Å². The predicted octanol–water partition coefficient (Wildman–Crippen LogP) is 2.03. The monoisotopic (exact) mass is 257 g/mol. The predicted molar refractivity (Wildman–Crippen MR) is 44.0 cm³/mol. The molecule has 0 unspecified atom stereocenters. The molecule has 0 bridgehead atoms. The van der Waals surface area contributed by atoms with Crippen molar-refractivity contribution in [3.8, 4) is 0 Å². The normalized spacial score (nSPS) is 11.9. The molecule has 1 aromatic heterocycles. The molecule has 2 N–H and O–H groups in total. The van der Waals surface area contributed by atoms with Crippen molar-refractivity contribution >= 4 is 5.97 Å². The quantitative estimate of drug-likeness (QED) is 0.796. The van der Waals surface area contributed by atoms with Crippen LogP contribution in [-0.4, -0.2) is 16.1 Å². The number of hydrogen-bond acceptors (Lipinski definition) is 2. The summed E-state index contributed by atoms with van der Waals surface area (Å²) >= 11 is 0. The molecule has 1 aromatic rings. The van der Waals surface area contributed by atoms with Gasteiger partial charge in [0.25, 0.3) is 6.43 Å². The Morgan fingerprint density at radius 3 is 2.24 bits per heavy atom. The van der Waals surface area contributed by atoms with Gasteiger partial charge in [-0.25, -0.2) is 13.6 Å². The lowest BCUT2D eigenvalue weighted by atomic mass is 10.1. The van der Waals surface area contributed by atoms with Gasteiger partial charge in [-0.2, -0.15) is 13.2 Å². The van der Waals surface area contributed by atoms with Gasteiger partial charge in [0, 0.05) is 6.20 Å². The standard InChI is InChI=1S/C8H4F5NO3/c9-6(10)2-1-14-4(7(16)17)3(5(2)15)8(11,12)13/h1,6H,(H,14,15)(H,16,17). The molecule has 0 amide bonds. The van der Waals surface area contributed by atoms with Crippen LogP contribution >= 0.6 is 0 Å². The smallest absolute Gasteiger partial charge is 0.422 e. The number of pyridine rings is 1. The number of aromatic nitrogens is 1. The second kappa shape index (κ2) is 4.15. The fourth-order valence-electron chi connectivity index (χ4n) is 1.15. The van der Waals surface area contributed by atoms with Crippen LogP contribution in [0, 0.1) is 0 Å². The average Bonchev–Trinajstić information content (AvgIpc) is 2.14. The fraction of sp³-hybridized carbons (Fsp3) is 0.250. The van der Waals surface area contributed by atoms with Gasteiger partial charge in [-0.3, -0.25) is 4.79 Å². The molecule has 0 fully saturated rings. The van der Waals surface area contributed by atoms with E-state index in [0.717, 1.165) is 0 Å². The van der Waals surface area contributed by atoms with Gasteiger partial charge in [0.05, 0.1) is 5.56 Å². The number of carbonyl (C=O) groups is 1. The fourth-order valence-corrected chi connectivity index (χ4v) is 1.15. The molecule has 0 aliphatic rings. The minimum absolute atomic E-state index is 0.256. The highest BCUT2D eigenvalue weighted by atomic mass is 19.4. The Hall–Kier alpha value is -1.93. The van der Waals surface area contributed by atoms with Crippen LogP contribution in [0.15, 0.2) is 11.0 Å². The van der Waals surface area contributed by atoms with Crippen LogP contribution in [-0.2, 0) is 6.18 Å². The Morgan fingerprint density at radius 1 is 1.35 bits per heavy atom. The van der Waals surface area contributed by atoms with E-state index in [1.54, 1.807) is 0 Å². The minimum atomic E-state index is -5.33. The topological polar surface area (TPSA) is 70.2 Å². The van der Waals surface area contributed by atoms with Crippen LogP contribution in [0.1, 0.15) is 28.0 Å². The number of nitrogens with one attached hydrogen (secondary N) is 1. The number of hydrogen-bond donors (Lipinski definition) is 2. The molecule has 1 rings (SSSR count). The maximum absolute atomic E-state index is 12.4. The van der Waals surface area contributed by atoms with Gasteiger partial charge in [0.15, 0.2) is 0 Å². The number of H-pyrrole nitrogens is 1. The summed E-state index contributed by atoms with van der Waals surface area (Å²) in [5.74, 6) is -2.06. The van der Waals surface area contributed by atoms with Crippen molar-refractivity contribution in [3.05, 3.63) is 33.2 Å². The summed E-state index contributed by atoms with van der Waals surface area (Å²) in [7, 11) is 0. The van der Waals surface area contributed by atoms with Gasteiger partial charge in [-0.05, 0) is 0 Å². The molecule has 9 heteroatoms. The van der Waals surface area contributed by atoms with Crippen molar-refractivity contribution in [2.45, 2.75) is 12.6 Å². The Bertz CT molecular complexity index is 505. The number of halogens is 5. The van der Waals surface area contributed by atoms with E-state index in [9.17, 15) is 31.5 Å². The van der Waals surface area contributed by atoms with Gasteiger partial charge >= 0.3 is 12.1 Å². The maximum Gasteiger partial charge on any atom is 0.422 e. The molecule has 0 atom stereocenters. The van der Waals surface area contributed by atoms with Crippen LogP contribution in [0.4, 0.5) is 22.0 Å². The zero-order chi connectivity index (χ0) is 13.4. The number of alkyl halides is 5. The first-order chi connectivity index (χ1) is 7.66. The van der Waals surface area contributed by atoms with Crippen LogP contribution in [0.2, 0.25) is 0 Å². The largest absolute Gasteiger partial charge is 0.477 e. The molecule has 0 spiro atoms. The van der Waals surface area contributed by atoms with Gasteiger partial charge < -0.3 is 10.1 Å². The number of carboxylic acids is 1. The third kappa shape index (κ3) is 2.43. The third-order valence-electron chi connectivity index (χ3n) is 1.84. The zero-order valence-electron chi connectivity index (χ0n) is 7.81.